The van der Waals surface area contributed by atoms with Crippen molar-refractivity contribution in [1.82, 2.24) is 5.32 Å². The van der Waals surface area contributed by atoms with Crippen molar-refractivity contribution in [3.8, 4) is 0 Å². The maximum Gasteiger partial charge on any atom is 0.253 e. The number of benzene rings is 1. The lowest BCUT2D eigenvalue weighted by Crippen LogP contribution is -2.48. The maximum atomic E-state index is 12.4. The van der Waals surface area contributed by atoms with Gasteiger partial charge in [-0.1, -0.05) is 51.1 Å². The first-order chi connectivity index (χ1) is 9.86. The quantitative estimate of drug-likeness (QED) is 0.897. The zero-order chi connectivity index (χ0) is 15.3. The Kier molecular flexibility index (Phi) is 3.36. The Balaban J connectivity index is 1.72. The Bertz CT molecular complexity index is 539. The molecule has 2 fully saturated rings. The van der Waals surface area contributed by atoms with E-state index in [2.05, 4.69) is 26.1 Å². The van der Waals surface area contributed by atoms with Gasteiger partial charge in [-0.3, -0.25) is 4.79 Å². The van der Waals surface area contributed by atoms with Crippen LogP contribution in [0.2, 0.25) is 0 Å². The Morgan fingerprint density at radius 2 is 1.95 bits per heavy atom. The number of fused-ring (bicyclic) bond motifs is 2. The molecule has 4 atom stereocenters. The molecule has 0 spiro atoms. The molecular weight excluding hydrogens is 262 g/mol. The summed E-state index contributed by atoms with van der Waals surface area (Å²) in [7, 11) is 0. The zero-order valence-electron chi connectivity index (χ0n) is 13.1. The standard InChI is InChI=1S/C18H25NO2/c1-17(2)13-9-10-18(17,3)14(11-13)19-16(21)15(20)12-7-5-4-6-8-12/h4-8,13-15,20H,9-11H2,1-3H3,(H,19,21)/t13-,14?,15+,18+/m1/s1. The monoisotopic (exact) mass is 287 g/mol. The number of amides is 1. The second kappa shape index (κ2) is 4.84. The number of rotatable bonds is 3. The molecule has 3 nitrogen and oxygen atoms in total. The molecule has 3 heteroatoms. The average Bonchev–Trinajstić information content (AvgIpc) is 2.80. The van der Waals surface area contributed by atoms with Crippen LogP contribution in [0.1, 0.15) is 51.7 Å². The van der Waals surface area contributed by atoms with Crippen LogP contribution in [-0.2, 0) is 4.79 Å². The minimum atomic E-state index is -1.07. The van der Waals surface area contributed by atoms with E-state index in [-0.39, 0.29) is 22.8 Å². The minimum Gasteiger partial charge on any atom is -0.378 e. The maximum absolute atomic E-state index is 12.4. The fourth-order valence-electron chi connectivity index (χ4n) is 4.46. The number of carbonyl (C=O) groups excluding carboxylic acids is 1. The molecule has 0 aliphatic heterocycles. The lowest BCUT2D eigenvalue weighted by atomic mass is 9.69. The summed E-state index contributed by atoms with van der Waals surface area (Å²) in [4.78, 5) is 12.4. The molecule has 0 aromatic heterocycles. The van der Waals surface area contributed by atoms with Crippen molar-refractivity contribution in [3.05, 3.63) is 35.9 Å². The van der Waals surface area contributed by atoms with Crippen molar-refractivity contribution >= 4 is 5.91 Å². The third-order valence-corrected chi connectivity index (χ3v) is 6.47. The van der Waals surface area contributed by atoms with Crippen molar-refractivity contribution in [1.29, 1.82) is 0 Å². The lowest BCUT2D eigenvalue weighted by Gasteiger charge is -2.39. The van der Waals surface area contributed by atoms with Gasteiger partial charge >= 0.3 is 0 Å². The topological polar surface area (TPSA) is 49.3 Å². The van der Waals surface area contributed by atoms with Crippen molar-refractivity contribution in [2.24, 2.45) is 16.7 Å². The van der Waals surface area contributed by atoms with E-state index in [9.17, 15) is 9.90 Å². The third-order valence-electron chi connectivity index (χ3n) is 6.47. The van der Waals surface area contributed by atoms with Gasteiger partial charge in [0.2, 0.25) is 0 Å². The summed E-state index contributed by atoms with van der Waals surface area (Å²) in [6.07, 6.45) is 2.39. The van der Waals surface area contributed by atoms with Gasteiger partial charge in [-0.05, 0) is 41.6 Å². The SMILES string of the molecule is CC1(C)[C@@H]2CC[C@@]1(C)C(NC(=O)[C@@H](O)c1ccccc1)C2. The molecule has 2 aliphatic carbocycles. The molecule has 3 rings (SSSR count). The molecule has 1 amide bonds. The van der Waals surface area contributed by atoms with Crippen LogP contribution in [0.4, 0.5) is 0 Å². The summed E-state index contributed by atoms with van der Waals surface area (Å²) in [5.41, 5.74) is 1.06. The number of aliphatic hydroxyl groups excluding tert-OH is 1. The van der Waals surface area contributed by atoms with Crippen LogP contribution in [0.5, 0.6) is 0 Å². The third kappa shape index (κ3) is 2.10. The van der Waals surface area contributed by atoms with Gasteiger partial charge < -0.3 is 10.4 Å². The molecule has 1 aromatic rings. The van der Waals surface area contributed by atoms with Crippen LogP contribution < -0.4 is 5.32 Å². The highest BCUT2D eigenvalue weighted by Crippen LogP contribution is 2.65. The largest absolute Gasteiger partial charge is 0.378 e. The molecule has 2 aliphatic rings. The molecule has 1 aromatic carbocycles. The summed E-state index contributed by atoms with van der Waals surface area (Å²) in [5, 5.41) is 13.3. The summed E-state index contributed by atoms with van der Waals surface area (Å²) in [5.74, 6) is 0.414. The first-order valence-corrected chi connectivity index (χ1v) is 7.89. The predicted molar refractivity (Wildman–Crippen MR) is 82.6 cm³/mol. The fraction of sp³-hybridized carbons (Fsp3) is 0.611. The van der Waals surface area contributed by atoms with E-state index in [1.54, 1.807) is 12.1 Å². The van der Waals surface area contributed by atoms with Crippen molar-refractivity contribution in [2.75, 3.05) is 0 Å². The van der Waals surface area contributed by atoms with E-state index in [1.165, 1.54) is 6.42 Å². The number of aliphatic hydroxyl groups is 1. The van der Waals surface area contributed by atoms with Crippen LogP contribution in [-0.4, -0.2) is 17.1 Å². The van der Waals surface area contributed by atoms with Gasteiger partial charge in [-0.2, -0.15) is 0 Å². The van der Waals surface area contributed by atoms with E-state index < -0.39 is 6.10 Å². The first kappa shape index (κ1) is 14.6. The lowest BCUT2D eigenvalue weighted by molar-refractivity contribution is -0.131. The smallest absolute Gasteiger partial charge is 0.253 e. The predicted octanol–water partition coefficient (Wildman–Crippen LogP) is 3.05. The normalized spacial score (nSPS) is 34.7. The molecule has 2 saturated carbocycles. The van der Waals surface area contributed by atoms with Crippen LogP contribution in [0, 0.1) is 16.7 Å². The van der Waals surface area contributed by atoms with E-state index in [0.717, 1.165) is 12.8 Å². The molecule has 0 radical (unpaired) electrons. The summed E-state index contributed by atoms with van der Waals surface area (Å²) < 4.78 is 0. The van der Waals surface area contributed by atoms with E-state index in [1.807, 2.05) is 18.2 Å². The fourth-order valence-corrected chi connectivity index (χ4v) is 4.46. The van der Waals surface area contributed by atoms with Crippen molar-refractivity contribution in [3.63, 3.8) is 0 Å². The molecule has 0 heterocycles. The second-order valence-corrected chi connectivity index (χ2v) is 7.48. The van der Waals surface area contributed by atoms with E-state index in [0.29, 0.717) is 11.5 Å². The zero-order valence-corrected chi connectivity index (χ0v) is 13.1. The van der Waals surface area contributed by atoms with E-state index in [4.69, 9.17) is 0 Å². The first-order valence-electron chi connectivity index (χ1n) is 7.89. The van der Waals surface area contributed by atoms with Gasteiger partial charge in [-0.15, -0.1) is 0 Å². The highest BCUT2D eigenvalue weighted by Gasteiger charge is 2.61. The molecule has 2 bridgehead atoms. The molecular formula is C18H25NO2. The van der Waals surface area contributed by atoms with Gasteiger partial charge in [0.1, 0.15) is 0 Å². The molecule has 21 heavy (non-hydrogen) atoms. The van der Waals surface area contributed by atoms with Gasteiger partial charge in [0.25, 0.3) is 5.91 Å². The Hall–Kier alpha value is -1.35. The van der Waals surface area contributed by atoms with Crippen LogP contribution in [0.15, 0.2) is 30.3 Å². The number of nitrogens with one attached hydrogen (secondary N) is 1. The Morgan fingerprint density at radius 1 is 1.29 bits per heavy atom. The Morgan fingerprint density at radius 3 is 2.48 bits per heavy atom. The minimum absolute atomic E-state index is 0.143. The molecule has 114 valence electrons. The Labute approximate surface area is 126 Å². The number of hydrogen-bond donors (Lipinski definition) is 2. The summed E-state index contributed by atoms with van der Waals surface area (Å²) >= 11 is 0. The van der Waals surface area contributed by atoms with Gasteiger partial charge in [0.05, 0.1) is 0 Å². The second-order valence-electron chi connectivity index (χ2n) is 7.48. The van der Waals surface area contributed by atoms with Crippen molar-refractivity contribution < 1.29 is 9.90 Å². The van der Waals surface area contributed by atoms with Crippen LogP contribution >= 0.6 is 0 Å². The average molecular weight is 287 g/mol. The summed E-state index contributed by atoms with van der Waals surface area (Å²) in [6, 6.07) is 9.32. The summed E-state index contributed by atoms with van der Waals surface area (Å²) in [6.45, 7) is 6.94. The van der Waals surface area contributed by atoms with Gasteiger partial charge in [0.15, 0.2) is 6.10 Å². The highest BCUT2D eigenvalue weighted by atomic mass is 16.3. The number of carbonyl (C=O) groups is 1. The molecule has 2 N–H and O–H groups in total. The highest BCUT2D eigenvalue weighted by molar-refractivity contribution is 5.82. The number of hydrogen-bond acceptors (Lipinski definition) is 2. The van der Waals surface area contributed by atoms with Gasteiger partial charge in [0, 0.05) is 6.04 Å². The van der Waals surface area contributed by atoms with Crippen molar-refractivity contribution in [2.45, 2.75) is 52.2 Å². The molecule has 1 unspecified atom stereocenters. The van der Waals surface area contributed by atoms with Crippen LogP contribution in [0.3, 0.4) is 0 Å². The van der Waals surface area contributed by atoms with E-state index >= 15 is 0 Å². The molecule has 0 saturated heterocycles. The van der Waals surface area contributed by atoms with Gasteiger partial charge in [-0.25, -0.2) is 0 Å². The van der Waals surface area contributed by atoms with Crippen LogP contribution in [0.25, 0.3) is 0 Å².